The number of benzene rings is 5. The van der Waals surface area contributed by atoms with Crippen molar-refractivity contribution in [3.63, 3.8) is 0 Å². The zero-order chi connectivity index (χ0) is 23.4. The molecule has 35 heavy (non-hydrogen) atoms. The summed E-state index contributed by atoms with van der Waals surface area (Å²) in [5.74, 6) is 0. The number of nitrogens with zero attached hydrogens (tertiary/aromatic N) is 2. The summed E-state index contributed by atoms with van der Waals surface area (Å²) in [5, 5.41) is 15.2. The highest BCUT2D eigenvalue weighted by Crippen LogP contribution is 2.38. The van der Waals surface area contributed by atoms with E-state index >= 15 is 0 Å². The lowest BCUT2D eigenvalue weighted by molar-refractivity contribution is 1.09. The first-order valence-corrected chi connectivity index (χ1v) is 12.5. The number of para-hydroxylation sites is 2. The molecule has 0 amide bonds. The number of hydrogen-bond acceptors (Lipinski definition) is 2. The maximum absolute atomic E-state index is 10.1. The molecule has 2 aromatic heterocycles. The topological polar surface area (TPSA) is 28.7 Å². The Kier molecular flexibility index (Phi) is 4.48. The standard InChI is InChI=1S/C32H20N2S/c33-20-22-10-7-16-29(34-27-14-4-1-11-23(27)24-12-2-5-15-28(24)34)26(22)19-21-9-8-18-31-32(21)25-13-3-6-17-30(25)35-31/h1-18H,19H2. The Bertz CT molecular complexity index is 1900. The average molecular weight is 465 g/mol. The van der Waals surface area contributed by atoms with Crippen molar-refractivity contribution in [1.29, 1.82) is 5.26 Å². The Morgan fingerprint density at radius 1 is 0.629 bits per heavy atom. The van der Waals surface area contributed by atoms with E-state index in [0.717, 1.165) is 27.8 Å². The monoisotopic (exact) mass is 464 g/mol. The zero-order valence-electron chi connectivity index (χ0n) is 18.9. The molecule has 0 bridgehead atoms. The van der Waals surface area contributed by atoms with Gasteiger partial charge in [-0.15, -0.1) is 11.3 Å². The Labute approximate surface area is 206 Å². The maximum atomic E-state index is 10.1. The van der Waals surface area contributed by atoms with Crippen LogP contribution in [-0.4, -0.2) is 4.57 Å². The third-order valence-corrected chi connectivity index (χ3v) is 8.08. The van der Waals surface area contributed by atoms with Crippen LogP contribution in [0.25, 0.3) is 47.7 Å². The van der Waals surface area contributed by atoms with E-state index < -0.39 is 0 Å². The molecule has 7 aromatic rings. The third-order valence-electron chi connectivity index (χ3n) is 6.95. The quantitative estimate of drug-likeness (QED) is 0.257. The predicted molar refractivity (Wildman–Crippen MR) is 148 cm³/mol. The highest BCUT2D eigenvalue weighted by Gasteiger charge is 2.18. The van der Waals surface area contributed by atoms with Crippen LogP contribution >= 0.6 is 11.3 Å². The molecule has 0 saturated heterocycles. The van der Waals surface area contributed by atoms with Crippen molar-refractivity contribution in [2.24, 2.45) is 0 Å². The fourth-order valence-corrected chi connectivity index (χ4v) is 6.60. The summed E-state index contributed by atoms with van der Waals surface area (Å²) in [6.07, 6.45) is 0.692. The van der Waals surface area contributed by atoms with Gasteiger partial charge >= 0.3 is 0 Å². The summed E-state index contributed by atoms with van der Waals surface area (Å²) in [5.41, 5.74) is 6.42. The smallest absolute Gasteiger partial charge is 0.0995 e. The van der Waals surface area contributed by atoms with Crippen LogP contribution in [0.1, 0.15) is 16.7 Å². The fourth-order valence-electron chi connectivity index (χ4n) is 5.44. The van der Waals surface area contributed by atoms with Gasteiger partial charge in [0.15, 0.2) is 0 Å². The Balaban J connectivity index is 1.53. The molecule has 0 spiro atoms. The number of nitriles is 1. The minimum absolute atomic E-state index is 0.692. The molecule has 0 fully saturated rings. The number of rotatable bonds is 3. The molecule has 0 aliphatic heterocycles. The minimum atomic E-state index is 0.692. The normalized spacial score (nSPS) is 11.5. The van der Waals surface area contributed by atoms with E-state index in [1.54, 1.807) is 0 Å². The van der Waals surface area contributed by atoms with Gasteiger partial charge in [-0.1, -0.05) is 72.8 Å². The predicted octanol–water partition coefficient (Wildman–Crippen LogP) is 8.61. The van der Waals surface area contributed by atoms with Gasteiger partial charge in [-0.25, -0.2) is 0 Å². The van der Waals surface area contributed by atoms with E-state index in [0.29, 0.717) is 6.42 Å². The second-order valence-electron chi connectivity index (χ2n) is 8.85. The molecule has 2 nitrogen and oxygen atoms in total. The summed E-state index contributed by atoms with van der Waals surface area (Å²) in [6.45, 7) is 0. The van der Waals surface area contributed by atoms with Crippen LogP contribution in [0.4, 0.5) is 0 Å². The van der Waals surface area contributed by atoms with Crippen molar-refractivity contribution in [2.45, 2.75) is 6.42 Å². The van der Waals surface area contributed by atoms with Crippen molar-refractivity contribution in [3.8, 4) is 11.8 Å². The Hall–Kier alpha value is -4.39. The Morgan fingerprint density at radius 3 is 2.00 bits per heavy atom. The lowest BCUT2D eigenvalue weighted by atomic mass is 9.95. The highest BCUT2D eigenvalue weighted by molar-refractivity contribution is 7.25. The van der Waals surface area contributed by atoms with Gasteiger partial charge in [0.1, 0.15) is 0 Å². The lowest BCUT2D eigenvalue weighted by Crippen LogP contribution is -2.03. The average Bonchev–Trinajstić information content (AvgIpc) is 3.45. The van der Waals surface area contributed by atoms with Crippen molar-refractivity contribution in [2.75, 3.05) is 0 Å². The van der Waals surface area contributed by atoms with Crippen LogP contribution in [-0.2, 0) is 6.42 Å². The molecule has 0 N–H and O–H groups in total. The second-order valence-corrected chi connectivity index (χ2v) is 9.93. The van der Waals surface area contributed by atoms with Gasteiger partial charge in [-0.2, -0.15) is 5.26 Å². The SMILES string of the molecule is N#Cc1cccc(-n2c3ccccc3c3ccccc32)c1Cc1cccc2sc3ccccc3c12. The van der Waals surface area contributed by atoms with Gasteiger partial charge in [-0.3, -0.25) is 0 Å². The first-order chi connectivity index (χ1) is 17.3. The largest absolute Gasteiger partial charge is 0.309 e. The van der Waals surface area contributed by atoms with E-state index in [1.807, 2.05) is 23.5 Å². The van der Waals surface area contributed by atoms with E-state index in [1.165, 1.54) is 36.5 Å². The van der Waals surface area contributed by atoms with E-state index in [4.69, 9.17) is 0 Å². The van der Waals surface area contributed by atoms with E-state index in [9.17, 15) is 5.26 Å². The number of fused-ring (bicyclic) bond motifs is 6. The van der Waals surface area contributed by atoms with E-state index in [-0.39, 0.29) is 0 Å². The highest BCUT2D eigenvalue weighted by atomic mass is 32.1. The van der Waals surface area contributed by atoms with Crippen LogP contribution < -0.4 is 0 Å². The molecule has 0 aliphatic carbocycles. The third kappa shape index (κ3) is 3.01. The molecule has 2 heterocycles. The maximum Gasteiger partial charge on any atom is 0.0995 e. The summed E-state index contributed by atoms with van der Waals surface area (Å²) >= 11 is 1.83. The molecule has 7 rings (SSSR count). The molecule has 164 valence electrons. The molecular formula is C32H20N2S. The fraction of sp³-hybridized carbons (Fsp3) is 0.0312. The van der Waals surface area contributed by atoms with Crippen LogP contribution in [0.2, 0.25) is 0 Å². The van der Waals surface area contributed by atoms with Gasteiger partial charge in [0.05, 0.1) is 28.4 Å². The van der Waals surface area contributed by atoms with Crippen molar-refractivity contribution in [3.05, 3.63) is 126 Å². The van der Waals surface area contributed by atoms with Crippen LogP contribution in [0.5, 0.6) is 0 Å². The molecule has 0 unspecified atom stereocenters. The number of thiophene rings is 1. The van der Waals surface area contributed by atoms with Gasteiger partial charge in [0.2, 0.25) is 0 Å². The molecular weight excluding hydrogens is 444 g/mol. The van der Waals surface area contributed by atoms with Crippen LogP contribution in [0.3, 0.4) is 0 Å². The van der Waals surface area contributed by atoms with Gasteiger partial charge in [0.25, 0.3) is 0 Å². The van der Waals surface area contributed by atoms with Crippen molar-refractivity contribution >= 4 is 53.3 Å². The van der Waals surface area contributed by atoms with Crippen molar-refractivity contribution in [1.82, 2.24) is 4.57 Å². The molecule has 0 saturated carbocycles. The van der Waals surface area contributed by atoms with Gasteiger partial charge < -0.3 is 4.57 Å². The molecule has 0 radical (unpaired) electrons. The van der Waals surface area contributed by atoms with E-state index in [2.05, 4.69) is 108 Å². The summed E-state index contributed by atoms with van der Waals surface area (Å²) in [6, 6.07) is 40.8. The van der Waals surface area contributed by atoms with Crippen molar-refractivity contribution < 1.29 is 0 Å². The van der Waals surface area contributed by atoms with Gasteiger partial charge in [-0.05, 0) is 47.5 Å². The first-order valence-electron chi connectivity index (χ1n) is 11.7. The minimum Gasteiger partial charge on any atom is -0.309 e. The summed E-state index contributed by atoms with van der Waals surface area (Å²) < 4.78 is 4.91. The number of aromatic nitrogens is 1. The molecule has 3 heteroatoms. The zero-order valence-corrected chi connectivity index (χ0v) is 19.7. The summed E-state index contributed by atoms with van der Waals surface area (Å²) in [4.78, 5) is 0. The molecule has 0 atom stereocenters. The molecule has 0 aliphatic rings. The number of hydrogen-bond donors (Lipinski definition) is 0. The van der Waals surface area contributed by atoms with Crippen LogP contribution in [0, 0.1) is 11.3 Å². The first kappa shape index (κ1) is 20.0. The molecule has 5 aromatic carbocycles. The van der Waals surface area contributed by atoms with Crippen LogP contribution in [0.15, 0.2) is 109 Å². The Morgan fingerprint density at radius 2 is 1.26 bits per heavy atom. The summed E-state index contributed by atoms with van der Waals surface area (Å²) in [7, 11) is 0. The second kappa shape index (κ2) is 7.84. The van der Waals surface area contributed by atoms with Gasteiger partial charge in [0, 0.05) is 37.4 Å². The lowest BCUT2D eigenvalue weighted by Gasteiger charge is -2.16.